The molecule has 11 heteroatoms. The van der Waals surface area contributed by atoms with Crippen molar-refractivity contribution in [2.75, 3.05) is 23.7 Å². The van der Waals surface area contributed by atoms with Gasteiger partial charge in [0.15, 0.2) is 0 Å². The third kappa shape index (κ3) is 8.96. The van der Waals surface area contributed by atoms with Crippen LogP contribution in [-0.4, -0.2) is 50.5 Å². The number of amides is 2. The molecule has 1 atom stereocenters. The van der Waals surface area contributed by atoms with Crippen LogP contribution in [0, 0.1) is 0 Å². The number of nitrogens with zero attached hydrogens (tertiary/aromatic N) is 2. The maximum Gasteiger partial charge on any atom is 0.244 e. The van der Waals surface area contributed by atoms with Crippen molar-refractivity contribution >= 4 is 66.7 Å². The summed E-state index contributed by atoms with van der Waals surface area (Å²) >= 11 is 15.9. The van der Waals surface area contributed by atoms with Crippen molar-refractivity contribution in [3.05, 3.63) is 98.4 Å². The van der Waals surface area contributed by atoms with E-state index in [2.05, 4.69) is 21.2 Å². The second-order valence-corrected chi connectivity index (χ2v) is 12.9. The Labute approximate surface area is 254 Å². The smallest absolute Gasteiger partial charge is 0.244 e. The molecule has 0 aliphatic carbocycles. The third-order valence-electron chi connectivity index (χ3n) is 6.25. The molecule has 0 heterocycles. The maximum atomic E-state index is 14.1. The van der Waals surface area contributed by atoms with Crippen LogP contribution in [0.25, 0.3) is 0 Å². The van der Waals surface area contributed by atoms with Crippen molar-refractivity contribution in [1.82, 2.24) is 10.2 Å². The summed E-state index contributed by atoms with van der Waals surface area (Å²) < 4.78 is 27.6. The van der Waals surface area contributed by atoms with Gasteiger partial charge in [-0.3, -0.25) is 13.9 Å². The molecule has 1 N–H and O–H groups in total. The largest absolute Gasteiger partial charge is 0.354 e. The number of carbonyl (C=O) groups is 2. The molecule has 7 nitrogen and oxygen atoms in total. The molecule has 0 saturated carbocycles. The summed E-state index contributed by atoms with van der Waals surface area (Å²) in [4.78, 5) is 29.1. The van der Waals surface area contributed by atoms with E-state index in [-0.39, 0.29) is 34.6 Å². The number of nitrogens with one attached hydrogen (secondary N) is 1. The lowest BCUT2D eigenvalue weighted by Gasteiger charge is -2.33. The van der Waals surface area contributed by atoms with E-state index in [0.717, 1.165) is 39.0 Å². The maximum absolute atomic E-state index is 14.1. The first kappa shape index (κ1) is 31.9. The van der Waals surface area contributed by atoms with Gasteiger partial charge in [0.1, 0.15) is 12.6 Å². The molecule has 3 aromatic carbocycles. The summed E-state index contributed by atoms with van der Waals surface area (Å²) in [5.41, 5.74) is 1.73. The molecule has 2 amide bonds. The van der Waals surface area contributed by atoms with Crippen LogP contribution in [0.3, 0.4) is 0 Å². The summed E-state index contributed by atoms with van der Waals surface area (Å²) in [6.07, 6.45) is 2.93. The van der Waals surface area contributed by atoms with Crippen LogP contribution in [0.1, 0.15) is 30.9 Å². The minimum Gasteiger partial charge on any atom is -0.354 e. The molecule has 0 bridgehead atoms. The van der Waals surface area contributed by atoms with Crippen molar-refractivity contribution in [2.24, 2.45) is 0 Å². The number of benzene rings is 3. The fourth-order valence-corrected chi connectivity index (χ4v) is 5.69. The average molecular weight is 669 g/mol. The van der Waals surface area contributed by atoms with Crippen LogP contribution in [0.2, 0.25) is 10.0 Å². The van der Waals surface area contributed by atoms with E-state index < -0.39 is 28.5 Å². The zero-order chi connectivity index (χ0) is 29.3. The highest BCUT2D eigenvalue weighted by Gasteiger charge is 2.33. The molecule has 40 heavy (non-hydrogen) atoms. The number of halogens is 3. The molecule has 1 unspecified atom stereocenters. The summed E-state index contributed by atoms with van der Waals surface area (Å²) in [6.45, 7) is 2.01. The quantitative estimate of drug-likeness (QED) is 0.224. The normalized spacial score (nSPS) is 12.0. The Morgan fingerprint density at radius 3 is 2.25 bits per heavy atom. The van der Waals surface area contributed by atoms with Gasteiger partial charge in [0, 0.05) is 24.0 Å². The summed E-state index contributed by atoms with van der Waals surface area (Å²) in [6, 6.07) is 20.5. The zero-order valence-corrected chi connectivity index (χ0v) is 26.2. The van der Waals surface area contributed by atoms with E-state index in [1.165, 1.54) is 17.0 Å². The molecule has 0 saturated heterocycles. The standard InChI is InChI=1S/C29H32BrCl2N3O4S/c1-3-4-17-33-29(37)26(18-21-9-6-5-7-10-21)34(19-22-13-15-23(30)16-14-22)27(36)20-35(40(2,38)39)25-12-8-11-24(31)28(25)32/h5-16,26H,3-4,17-20H2,1-2H3,(H,33,37). The molecular weight excluding hydrogens is 637 g/mol. The van der Waals surface area contributed by atoms with Gasteiger partial charge in [0.25, 0.3) is 0 Å². The van der Waals surface area contributed by atoms with Crippen LogP contribution in [0.4, 0.5) is 5.69 Å². The van der Waals surface area contributed by atoms with E-state index in [9.17, 15) is 18.0 Å². The van der Waals surface area contributed by atoms with Crippen molar-refractivity contribution < 1.29 is 18.0 Å². The highest BCUT2D eigenvalue weighted by molar-refractivity contribution is 9.10. The van der Waals surface area contributed by atoms with Gasteiger partial charge in [-0.25, -0.2) is 8.42 Å². The number of rotatable bonds is 13. The van der Waals surface area contributed by atoms with Crippen molar-refractivity contribution in [3.63, 3.8) is 0 Å². The summed E-state index contributed by atoms with van der Waals surface area (Å²) in [5, 5.41) is 3.13. The molecule has 0 spiro atoms. The number of hydrogen-bond donors (Lipinski definition) is 1. The minimum absolute atomic E-state index is 0.0139. The van der Waals surface area contributed by atoms with Gasteiger partial charge in [-0.2, -0.15) is 0 Å². The van der Waals surface area contributed by atoms with Crippen LogP contribution in [-0.2, 0) is 32.6 Å². The zero-order valence-electron chi connectivity index (χ0n) is 22.3. The van der Waals surface area contributed by atoms with Gasteiger partial charge in [-0.1, -0.05) is 101 Å². The Hall–Kier alpha value is -2.59. The number of sulfonamides is 1. The van der Waals surface area contributed by atoms with E-state index >= 15 is 0 Å². The van der Waals surface area contributed by atoms with Crippen molar-refractivity contribution in [3.8, 4) is 0 Å². The Balaban J connectivity index is 2.05. The third-order valence-corrected chi connectivity index (χ3v) is 8.71. The van der Waals surface area contributed by atoms with Crippen LogP contribution in [0.5, 0.6) is 0 Å². The highest BCUT2D eigenvalue weighted by Crippen LogP contribution is 2.34. The Bertz CT molecular complexity index is 1410. The molecule has 3 aromatic rings. The molecule has 0 aliphatic heterocycles. The SMILES string of the molecule is CCCCNC(=O)C(Cc1ccccc1)N(Cc1ccc(Br)cc1)C(=O)CN(c1cccc(Cl)c1Cl)S(C)(=O)=O. The molecule has 0 radical (unpaired) electrons. The van der Waals surface area contributed by atoms with Gasteiger partial charge in [-0.15, -0.1) is 0 Å². The lowest BCUT2D eigenvalue weighted by molar-refractivity contribution is -0.140. The molecule has 3 rings (SSSR count). The fourth-order valence-electron chi connectivity index (χ4n) is 4.13. The molecular formula is C29H32BrCl2N3O4S. The van der Waals surface area contributed by atoms with Gasteiger partial charge in [0.05, 0.1) is 22.0 Å². The predicted octanol–water partition coefficient (Wildman–Crippen LogP) is 6.08. The molecule has 0 aromatic heterocycles. The van der Waals surface area contributed by atoms with Crippen molar-refractivity contribution in [1.29, 1.82) is 0 Å². The van der Waals surface area contributed by atoms with E-state index in [4.69, 9.17) is 23.2 Å². The van der Waals surface area contributed by atoms with Crippen LogP contribution in [0.15, 0.2) is 77.3 Å². The highest BCUT2D eigenvalue weighted by atomic mass is 79.9. The Morgan fingerprint density at radius 1 is 0.950 bits per heavy atom. The van der Waals surface area contributed by atoms with Crippen molar-refractivity contribution in [2.45, 2.75) is 38.8 Å². The van der Waals surface area contributed by atoms with Gasteiger partial charge in [0.2, 0.25) is 21.8 Å². The van der Waals surface area contributed by atoms with Gasteiger partial charge < -0.3 is 10.2 Å². The molecule has 0 aliphatic rings. The first-order valence-corrected chi connectivity index (χ1v) is 16.2. The lowest BCUT2D eigenvalue weighted by atomic mass is 10.0. The first-order chi connectivity index (χ1) is 19.0. The average Bonchev–Trinajstić information content (AvgIpc) is 2.92. The van der Waals surface area contributed by atoms with E-state index in [1.54, 1.807) is 6.07 Å². The first-order valence-electron chi connectivity index (χ1n) is 12.8. The Kier molecular flexibility index (Phi) is 11.9. The Morgan fingerprint density at radius 2 is 1.62 bits per heavy atom. The number of anilines is 1. The summed E-state index contributed by atoms with van der Waals surface area (Å²) in [5.74, 6) is -0.870. The van der Waals surface area contributed by atoms with E-state index in [0.29, 0.717) is 6.54 Å². The summed E-state index contributed by atoms with van der Waals surface area (Å²) in [7, 11) is -3.95. The second kappa shape index (κ2) is 14.9. The number of carbonyl (C=O) groups excluding carboxylic acids is 2. The second-order valence-electron chi connectivity index (χ2n) is 9.34. The monoisotopic (exact) mass is 667 g/mol. The van der Waals surface area contributed by atoms with Gasteiger partial charge in [-0.05, 0) is 41.8 Å². The lowest BCUT2D eigenvalue weighted by Crippen LogP contribution is -2.53. The molecule has 214 valence electrons. The van der Waals surface area contributed by atoms with Crippen LogP contribution < -0.4 is 9.62 Å². The van der Waals surface area contributed by atoms with Gasteiger partial charge >= 0.3 is 0 Å². The number of unbranched alkanes of at least 4 members (excludes halogenated alkanes) is 1. The minimum atomic E-state index is -3.95. The fraction of sp³-hybridized carbons (Fsp3) is 0.310. The number of hydrogen-bond acceptors (Lipinski definition) is 4. The van der Waals surface area contributed by atoms with E-state index in [1.807, 2.05) is 61.5 Å². The molecule has 0 fully saturated rings. The topological polar surface area (TPSA) is 86.8 Å². The van der Waals surface area contributed by atoms with Crippen LogP contribution >= 0.6 is 39.1 Å². The predicted molar refractivity (Wildman–Crippen MR) is 165 cm³/mol.